The molecule has 27 heavy (non-hydrogen) atoms. The van der Waals surface area contributed by atoms with E-state index in [4.69, 9.17) is 0 Å². The van der Waals surface area contributed by atoms with Gasteiger partial charge in [0.15, 0.2) is 0 Å². The summed E-state index contributed by atoms with van der Waals surface area (Å²) in [4.78, 5) is 0. The Morgan fingerprint density at radius 2 is 1.59 bits per heavy atom. The number of benzene rings is 1. The lowest BCUT2D eigenvalue weighted by molar-refractivity contribution is 1.34. The van der Waals surface area contributed by atoms with Crippen LogP contribution in [0.4, 0.5) is 0 Å². The zero-order chi connectivity index (χ0) is 20.1. The molecule has 0 unspecified atom stereocenters. The van der Waals surface area contributed by atoms with E-state index < -0.39 is 0 Å². The number of rotatable bonds is 9. The van der Waals surface area contributed by atoms with Crippen molar-refractivity contribution < 1.29 is 0 Å². The van der Waals surface area contributed by atoms with Crippen LogP contribution in [-0.2, 0) is 0 Å². The van der Waals surface area contributed by atoms with Crippen molar-refractivity contribution in [3.8, 4) is 0 Å². The molecule has 0 saturated heterocycles. The second-order valence-electron chi connectivity index (χ2n) is 5.87. The van der Waals surface area contributed by atoms with Crippen LogP contribution >= 0.6 is 0 Å². The number of hydrogen-bond donors (Lipinski definition) is 0. The Labute approximate surface area is 165 Å². The van der Waals surface area contributed by atoms with E-state index >= 15 is 0 Å². The van der Waals surface area contributed by atoms with Gasteiger partial charge in [0.1, 0.15) is 0 Å². The van der Waals surface area contributed by atoms with E-state index in [0.29, 0.717) is 0 Å². The molecule has 0 bridgehead atoms. The van der Waals surface area contributed by atoms with Crippen molar-refractivity contribution >= 4 is 5.57 Å². The topological polar surface area (TPSA) is 0 Å². The van der Waals surface area contributed by atoms with Gasteiger partial charge in [-0.05, 0) is 54.2 Å². The van der Waals surface area contributed by atoms with Crippen molar-refractivity contribution in [1.29, 1.82) is 0 Å². The third-order valence-corrected chi connectivity index (χ3v) is 4.16. The molecule has 0 aliphatic heterocycles. The molecule has 0 aliphatic rings. The first kappa shape index (κ1) is 21.9. The van der Waals surface area contributed by atoms with Crippen LogP contribution in [0, 0.1) is 0 Å². The lowest BCUT2D eigenvalue weighted by atomic mass is 9.87. The number of allylic oxidation sites excluding steroid dienone is 15. The zero-order valence-electron chi connectivity index (χ0n) is 16.8. The van der Waals surface area contributed by atoms with Crippen LogP contribution in [0.2, 0.25) is 0 Å². The minimum Gasteiger partial charge on any atom is -0.0991 e. The second kappa shape index (κ2) is 12.3. The highest BCUT2D eigenvalue weighted by atomic mass is 14.2. The summed E-state index contributed by atoms with van der Waals surface area (Å²) in [6.45, 7) is 17.9. The van der Waals surface area contributed by atoms with E-state index in [2.05, 4.69) is 76.1 Å². The highest BCUT2D eigenvalue weighted by Crippen LogP contribution is 2.33. The van der Waals surface area contributed by atoms with Gasteiger partial charge in [-0.1, -0.05) is 111 Å². The molecular weight excluding hydrogens is 324 g/mol. The molecule has 0 radical (unpaired) electrons. The predicted molar refractivity (Wildman–Crippen MR) is 124 cm³/mol. The summed E-state index contributed by atoms with van der Waals surface area (Å²) < 4.78 is 0. The Kier molecular flexibility index (Phi) is 9.96. The average Bonchev–Trinajstić information content (AvgIpc) is 2.71. The smallest absolute Gasteiger partial charge is 0.0109 e. The highest BCUT2D eigenvalue weighted by molar-refractivity contribution is 5.86. The van der Waals surface area contributed by atoms with Gasteiger partial charge in [-0.15, -0.1) is 0 Å². The molecule has 0 saturated carbocycles. The molecule has 0 heteroatoms. The molecule has 0 atom stereocenters. The summed E-state index contributed by atoms with van der Waals surface area (Å²) >= 11 is 0. The van der Waals surface area contributed by atoms with Crippen LogP contribution in [0.25, 0.3) is 5.57 Å². The van der Waals surface area contributed by atoms with Crippen molar-refractivity contribution in [2.24, 2.45) is 0 Å². The Hall–Kier alpha value is -3.12. The third-order valence-electron chi connectivity index (χ3n) is 4.16. The Morgan fingerprint density at radius 3 is 2.11 bits per heavy atom. The van der Waals surface area contributed by atoms with Gasteiger partial charge >= 0.3 is 0 Å². The van der Waals surface area contributed by atoms with E-state index in [1.807, 2.05) is 43.4 Å². The highest BCUT2D eigenvalue weighted by Gasteiger charge is 2.13. The maximum atomic E-state index is 4.09. The van der Waals surface area contributed by atoms with Gasteiger partial charge in [0.25, 0.3) is 0 Å². The fraction of sp³-hybridized carbons (Fsp3) is 0.111. The summed E-state index contributed by atoms with van der Waals surface area (Å²) in [5.74, 6) is 0. The van der Waals surface area contributed by atoms with Gasteiger partial charge in [-0.2, -0.15) is 0 Å². The minimum absolute atomic E-state index is 1.08. The summed E-state index contributed by atoms with van der Waals surface area (Å²) in [5.41, 5.74) is 6.80. The van der Waals surface area contributed by atoms with Crippen molar-refractivity contribution in [1.82, 2.24) is 0 Å². The maximum Gasteiger partial charge on any atom is -0.0109 e. The van der Waals surface area contributed by atoms with Gasteiger partial charge in [0, 0.05) is 0 Å². The van der Waals surface area contributed by atoms with Gasteiger partial charge in [-0.25, -0.2) is 0 Å². The quantitative estimate of drug-likeness (QED) is 0.395. The molecule has 1 rings (SSSR count). The van der Waals surface area contributed by atoms with Gasteiger partial charge in [0.05, 0.1) is 0 Å². The lowest BCUT2D eigenvalue weighted by Gasteiger charge is -2.17. The van der Waals surface area contributed by atoms with E-state index in [1.54, 1.807) is 12.2 Å². The van der Waals surface area contributed by atoms with Crippen LogP contribution in [-0.4, -0.2) is 0 Å². The maximum absolute atomic E-state index is 4.09. The molecular formula is C27H30. The molecule has 0 aliphatic carbocycles. The first-order valence-corrected chi connectivity index (χ1v) is 9.15. The van der Waals surface area contributed by atoms with Gasteiger partial charge in [0.2, 0.25) is 0 Å². The second-order valence-corrected chi connectivity index (χ2v) is 5.87. The molecule has 0 amide bonds. The van der Waals surface area contributed by atoms with Crippen LogP contribution in [0.5, 0.6) is 0 Å². The third kappa shape index (κ3) is 6.27. The van der Waals surface area contributed by atoms with Crippen molar-refractivity contribution in [3.63, 3.8) is 0 Å². The summed E-state index contributed by atoms with van der Waals surface area (Å²) in [6, 6.07) is 10.4. The average molecular weight is 355 g/mol. The van der Waals surface area contributed by atoms with Gasteiger partial charge in [-0.3, -0.25) is 0 Å². The monoisotopic (exact) mass is 354 g/mol. The largest absolute Gasteiger partial charge is 0.0991 e. The zero-order valence-corrected chi connectivity index (χ0v) is 16.8. The predicted octanol–water partition coefficient (Wildman–Crippen LogP) is 7.95. The van der Waals surface area contributed by atoms with E-state index in [9.17, 15) is 0 Å². The van der Waals surface area contributed by atoms with Crippen molar-refractivity contribution in [3.05, 3.63) is 139 Å². The molecule has 0 N–H and O–H groups in total. The Bertz CT molecular complexity index is 831. The molecule has 138 valence electrons. The Morgan fingerprint density at radius 1 is 0.889 bits per heavy atom. The van der Waals surface area contributed by atoms with Crippen molar-refractivity contribution in [2.45, 2.75) is 20.8 Å². The van der Waals surface area contributed by atoms with Crippen LogP contribution in [0.3, 0.4) is 0 Å². The molecule has 0 fully saturated rings. The normalized spacial score (nSPS) is 14.4. The first-order chi connectivity index (χ1) is 13.1. The van der Waals surface area contributed by atoms with E-state index in [1.165, 1.54) is 5.56 Å². The van der Waals surface area contributed by atoms with Crippen LogP contribution in [0.15, 0.2) is 133 Å². The van der Waals surface area contributed by atoms with E-state index in [-0.39, 0.29) is 0 Å². The van der Waals surface area contributed by atoms with Crippen molar-refractivity contribution in [2.75, 3.05) is 0 Å². The van der Waals surface area contributed by atoms with Crippen LogP contribution < -0.4 is 0 Å². The first-order valence-electron chi connectivity index (χ1n) is 9.15. The molecule has 0 aromatic heterocycles. The minimum atomic E-state index is 1.08. The fourth-order valence-electron chi connectivity index (χ4n) is 2.83. The molecule has 0 spiro atoms. The Balaban J connectivity index is 3.67. The summed E-state index contributed by atoms with van der Waals surface area (Å²) in [5, 5.41) is 0. The molecule has 0 nitrogen and oxygen atoms in total. The lowest BCUT2D eigenvalue weighted by Crippen LogP contribution is -1.97. The summed E-state index contributed by atoms with van der Waals surface area (Å²) in [6.07, 6.45) is 19.9. The molecule has 1 aromatic rings. The number of hydrogen-bond acceptors (Lipinski definition) is 0. The van der Waals surface area contributed by atoms with E-state index in [0.717, 1.165) is 27.9 Å². The molecule has 1 aromatic carbocycles. The SMILES string of the molecule is C=C\C=C/C(=C\C=C)C(/C)=C(C=C)\C(=C\C)C(=C/C=C\C)\c1ccccc1. The standard InChI is InChI=1S/C27H30/c1-7-12-18-23(17-9-3)22(6)25(10-4)26(11-5)27(21-13-8-2)24-19-15-14-16-20-24/h7-21H,1,3-4H2,2,5-6H3/b13-8-,18-12-,23-17+,25-22-,26-11-,27-21-. The summed E-state index contributed by atoms with van der Waals surface area (Å²) in [7, 11) is 0. The van der Waals surface area contributed by atoms with Gasteiger partial charge < -0.3 is 0 Å². The van der Waals surface area contributed by atoms with Crippen LogP contribution in [0.1, 0.15) is 26.3 Å². The fourth-order valence-corrected chi connectivity index (χ4v) is 2.83. The molecule has 0 heterocycles.